The van der Waals surface area contributed by atoms with Crippen LogP contribution in [0.25, 0.3) is 11.0 Å². The van der Waals surface area contributed by atoms with E-state index < -0.39 is 23.4 Å². The van der Waals surface area contributed by atoms with E-state index in [1.165, 1.54) is 18.4 Å². The first-order valence-corrected chi connectivity index (χ1v) is 8.93. The Morgan fingerprint density at radius 2 is 1.86 bits per heavy atom. The van der Waals surface area contributed by atoms with Gasteiger partial charge in [-0.3, -0.25) is 19.7 Å². The number of nitrogens with zero attached hydrogens (tertiary/aromatic N) is 1. The van der Waals surface area contributed by atoms with Crippen LogP contribution in [-0.2, 0) is 20.7 Å². The fourth-order valence-electron chi connectivity index (χ4n) is 2.97. The molecular formula is C21H20N2O6. The standard InChI is InChI=1S/C21H20N2O6/c1-12-5-4-6-17(23(26)27)21(12)22-19(24)11-29-20(25)9-15-10-28-18-8-14(3)13(2)7-16(15)18/h4-8,10H,9,11H2,1-3H3,(H,22,24). The summed E-state index contributed by atoms with van der Waals surface area (Å²) in [6.45, 7) is 5.04. The molecule has 29 heavy (non-hydrogen) atoms. The number of nitro groups is 1. The molecule has 150 valence electrons. The van der Waals surface area contributed by atoms with Crippen molar-refractivity contribution in [3.8, 4) is 0 Å². The van der Waals surface area contributed by atoms with Crippen LogP contribution in [0.1, 0.15) is 22.3 Å². The van der Waals surface area contributed by atoms with Crippen LogP contribution >= 0.6 is 0 Å². The Hall–Kier alpha value is -3.68. The molecule has 1 N–H and O–H groups in total. The summed E-state index contributed by atoms with van der Waals surface area (Å²) in [4.78, 5) is 34.8. The quantitative estimate of drug-likeness (QED) is 0.383. The number of hydrogen-bond acceptors (Lipinski definition) is 6. The molecule has 3 rings (SSSR count). The summed E-state index contributed by atoms with van der Waals surface area (Å²) in [7, 11) is 0. The minimum Gasteiger partial charge on any atom is -0.464 e. The van der Waals surface area contributed by atoms with Gasteiger partial charge in [0.2, 0.25) is 0 Å². The zero-order valence-electron chi connectivity index (χ0n) is 16.3. The van der Waals surface area contributed by atoms with Gasteiger partial charge in [-0.15, -0.1) is 0 Å². The second-order valence-electron chi connectivity index (χ2n) is 6.81. The largest absolute Gasteiger partial charge is 0.464 e. The summed E-state index contributed by atoms with van der Waals surface area (Å²) < 4.78 is 10.5. The predicted octanol–water partition coefficient (Wildman–Crippen LogP) is 3.99. The van der Waals surface area contributed by atoms with E-state index in [1.54, 1.807) is 13.0 Å². The van der Waals surface area contributed by atoms with Gasteiger partial charge in [0, 0.05) is 17.0 Å². The molecule has 3 aromatic rings. The average Bonchev–Trinajstić information content (AvgIpc) is 3.03. The Labute approximate surface area is 166 Å². The second-order valence-corrected chi connectivity index (χ2v) is 6.81. The van der Waals surface area contributed by atoms with Crippen molar-refractivity contribution in [3.05, 3.63) is 69.0 Å². The first kappa shape index (κ1) is 20.1. The molecule has 0 radical (unpaired) electrons. The average molecular weight is 396 g/mol. The summed E-state index contributed by atoms with van der Waals surface area (Å²) in [5.74, 6) is -1.25. The number of para-hydroxylation sites is 1. The van der Waals surface area contributed by atoms with Crippen LogP contribution < -0.4 is 5.32 Å². The summed E-state index contributed by atoms with van der Waals surface area (Å²) in [6, 6.07) is 8.31. The van der Waals surface area contributed by atoms with Crippen molar-refractivity contribution in [3.63, 3.8) is 0 Å². The van der Waals surface area contributed by atoms with E-state index in [9.17, 15) is 19.7 Å². The lowest BCUT2D eigenvalue weighted by Crippen LogP contribution is -2.22. The topological polar surface area (TPSA) is 112 Å². The summed E-state index contributed by atoms with van der Waals surface area (Å²) in [5, 5.41) is 14.4. The SMILES string of the molecule is Cc1cc2occ(CC(=O)OCC(=O)Nc3c(C)cccc3[N+](=O)[O-])c2cc1C. The number of nitro benzene ring substituents is 1. The molecule has 0 atom stereocenters. The van der Waals surface area contributed by atoms with Gasteiger partial charge in [0.25, 0.3) is 11.6 Å². The monoisotopic (exact) mass is 396 g/mol. The maximum atomic E-state index is 12.2. The van der Waals surface area contributed by atoms with Gasteiger partial charge < -0.3 is 14.5 Å². The van der Waals surface area contributed by atoms with Gasteiger partial charge in [-0.05, 0) is 49.6 Å². The molecule has 0 aliphatic rings. The molecule has 1 amide bonds. The van der Waals surface area contributed by atoms with Crippen molar-refractivity contribution in [2.24, 2.45) is 0 Å². The summed E-state index contributed by atoms with van der Waals surface area (Å²) >= 11 is 0. The highest BCUT2D eigenvalue weighted by Gasteiger charge is 2.19. The fourth-order valence-corrected chi connectivity index (χ4v) is 2.97. The van der Waals surface area contributed by atoms with Crippen molar-refractivity contribution in [2.75, 3.05) is 11.9 Å². The van der Waals surface area contributed by atoms with Crippen LogP contribution in [0.3, 0.4) is 0 Å². The van der Waals surface area contributed by atoms with Crippen LogP contribution in [0.5, 0.6) is 0 Å². The minimum atomic E-state index is -0.653. The Balaban J connectivity index is 1.63. The smallest absolute Gasteiger partial charge is 0.310 e. The van der Waals surface area contributed by atoms with Crippen molar-refractivity contribution in [1.82, 2.24) is 0 Å². The van der Waals surface area contributed by atoms with E-state index >= 15 is 0 Å². The molecule has 0 saturated heterocycles. The number of ether oxygens (including phenoxy) is 1. The van der Waals surface area contributed by atoms with E-state index in [-0.39, 0.29) is 17.8 Å². The number of rotatable bonds is 6. The molecular weight excluding hydrogens is 376 g/mol. The maximum absolute atomic E-state index is 12.2. The van der Waals surface area contributed by atoms with Crippen molar-refractivity contribution in [2.45, 2.75) is 27.2 Å². The highest BCUT2D eigenvalue weighted by molar-refractivity contribution is 5.96. The lowest BCUT2D eigenvalue weighted by atomic mass is 10.0. The number of carbonyl (C=O) groups is 2. The number of fused-ring (bicyclic) bond motifs is 1. The molecule has 8 nitrogen and oxygen atoms in total. The minimum absolute atomic E-state index is 0.0483. The number of furan rings is 1. The first-order valence-electron chi connectivity index (χ1n) is 8.93. The van der Waals surface area contributed by atoms with Gasteiger partial charge in [-0.25, -0.2) is 0 Å². The van der Waals surface area contributed by atoms with Gasteiger partial charge in [0.05, 0.1) is 17.6 Å². The van der Waals surface area contributed by atoms with Gasteiger partial charge in [0.15, 0.2) is 6.61 Å². The van der Waals surface area contributed by atoms with Crippen LogP contribution in [0.4, 0.5) is 11.4 Å². The fraction of sp³-hybridized carbons (Fsp3) is 0.238. The summed E-state index contributed by atoms with van der Waals surface area (Å²) in [6.07, 6.45) is 1.45. The molecule has 0 bridgehead atoms. The van der Waals surface area contributed by atoms with Crippen molar-refractivity contribution >= 4 is 34.2 Å². The van der Waals surface area contributed by atoms with E-state index in [1.807, 2.05) is 26.0 Å². The van der Waals surface area contributed by atoms with E-state index in [4.69, 9.17) is 9.15 Å². The molecule has 0 aliphatic carbocycles. The van der Waals surface area contributed by atoms with E-state index in [0.29, 0.717) is 16.7 Å². The number of nitrogens with one attached hydrogen (secondary N) is 1. The van der Waals surface area contributed by atoms with E-state index in [2.05, 4.69) is 5.32 Å². The Bertz CT molecular complexity index is 1120. The summed E-state index contributed by atoms with van der Waals surface area (Å²) in [5.41, 5.74) is 3.92. The van der Waals surface area contributed by atoms with Gasteiger partial charge in [0.1, 0.15) is 11.3 Å². The Kier molecular flexibility index (Phi) is 5.63. The molecule has 2 aromatic carbocycles. The zero-order chi connectivity index (χ0) is 21.1. The van der Waals surface area contributed by atoms with Crippen molar-refractivity contribution in [1.29, 1.82) is 0 Å². The van der Waals surface area contributed by atoms with Crippen molar-refractivity contribution < 1.29 is 23.7 Å². The zero-order valence-corrected chi connectivity index (χ0v) is 16.3. The number of amides is 1. The molecule has 0 aliphatic heterocycles. The Morgan fingerprint density at radius 1 is 1.14 bits per heavy atom. The molecule has 0 unspecified atom stereocenters. The number of hydrogen-bond donors (Lipinski definition) is 1. The normalized spacial score (nSPS) is 10.7. The first-order chi connectivity index (χ1) is 13.8. The molecule has 1 aromatic heterocycles. The lowest BCUT2D eigenvalue weighted by molar-refractivity contribution is -0.384. The van der Waals surface area contributed by atoms with Crippen LogP contribution in [0.2, 0.25) is 0 Å². The Morgan fingerprint density at radius 3 is 2.59 bits per heavy atom. The maximum Gasteiger partial charge on any atom is 0.310 e. The molecule has 0 spiro atoms. The second kappa shape index (κ2) is 8.14. The highest BCUT2D eigenvalue weighted by atomic mass is 16.6. The molecule has 1 heterocycles. The molecule has 0 fully saturated rings. The number of carbonyl (C=O) groups excluding carboxylic acids is 2. The third kappa shape index (κ3) is 4.43. The van der Waals surface area contributed by atoms with Gasteiger partial charge >= 0.3 is 5.97 Å². The third-order valence-corrected chi connectivity index (χ3v) is 4.68. The predicted molar refractivity (Wildman–Crippen MR) is 107 cm³/mol. The lowest BCUT2D eigenvalue weighted by Gasteiger charge is -2.09. The third-order valence-electron chi connectivity index (χ3n) is 4.68. The van der Waals surface area contributed by atoms with Gasteiger partial charge in [-0.1, -0.05) is 12.1 Å². The highest BCUT2D eigenvalue weighted by Crippen LogP contribution is 2.28. The molecule has 0 saturated carbocycles. The van der Waals surface area contributed by atoms with Crippen LogP contribution in [0.15, 0.2) is 41.0 Å². The van der Waals surface area contributed by atoms with Crippen LogP contribution in [-0.4, -0.2) is 23.4 Å². The number of anilines is 1. The number of aryl methyl sites for hydroxylation is 3. The van der Waals surface area contributed by atoms with E-state index in [0.717, 1.165) is 16.5 Å². The van der Waals surface area contributed by atoms with Crippen LogP contribution in [0, 0.1) is 30.9 Å². The number of benzene rings is 2. The molecule has 8 heteroatoms. The number of esters is 1. The van der Waals surface area contributed by atoms with Gasteiger partial charge in [-0.2, -0.15) is 0 Å².